The fourth-order valence-electron chi connectivity index (χ4n) is 4.38. The van der Waals surface area contributed by atoms with Crippen LogP contribution in [0.25, 0.3) is 0 Å². The third-order valence-corrected chi connectivity index (χ3v) is 8.24. The van der Waals surface area contributed by atoms with Crippen LogP contribution in [0.4, 0.5) is 4.79 Å². The Bertz CT molecular complexity index is 1180. The molecule has 2 fully saturated rings. The molecule has 2 aliphatic rings. The van der Waals surface area contributed by atoms with E-state index in [2.05, 4.69) is 0 Å². The highest BCUT2D eigenvalue weighted by molar-refractivity contribution is 7.89. The lowest BCUT2D eigenvalue weighted by Gasteiger charge is -2.37. The van der Waals surface area contributed by atoms with Crippen LogP contribution in [0.1, 0.15) is 18.4 Å². The van der Waals surface area contributed by atoms with Gasteiger partial charge in [0, 0.05) is 26.2 Å². The van der Waals surface area contributed by atoms with Crippen LogP contribution in [0.5, 0.6) is 0 Å². The number of likely N-dealkylation sites (N-methyl/N-ethyl adjacent to an activating group) is 1. The molecule has 2 saturated heterocycles. The molecule has 0 bridgehead atoms. The van der Waals surface area contributed by atoms with E-state index in [0.717, 1.165) is 9.87 Å². The van der Waals surface area contributed by atoms with Crippen molar-refractivity contribution in [2.75, 3.05) is 33.3 Å². The van der Waals surface area contributed by atoms with Crippen molar-refractivity contribution in [3.05, 3.63) is 66.2 Å². The van der Waals surface area contributed by atoms with E-state index in [1.54, 1.807) is 23.1 Å². The maximum atomic E-state index is 12.8. The summed E-state index contributed by atoms with van der Waals surface area (Å²) in [4.78, 5) is 41.0. The minimum absolute atomic E-state index is 0.0757. The van der Waals surface area contributed by atoms with E-state index in [0.29, 0.717) is 25.9 Å². The van der Waals surface area contributed by atoms with Crippen LogP contribution in [0.3, 0.4) is 0 Å². The van der Waals surface area contributed by atoms with Crippen LogP contribution < -0.4 is 0 Å². The first-order chi connectivity index (χ1) is 17.3. The number of hydrogen-bond acceptors (Lipinski definition) is 7. The molecule has 0 aliphatic carbocycles. The summed E-state index contributed by atoms with van der Waals surface area (Å²) in [5, 5.41) is 0. The largest absolute Gasteiger partial charge is 0.459 e. The number of sulfonamides is 1. The smallest absolute Gasteiger partial charge is 0.410 e. The van der Waals surface area contributed by atoms with E-state index in [1.807, 2.05) is 30.3 Å². The maximum absolute atomic E-state index is 12.8. The number of nitrogens with zero attached hydrogens (tertiary/aromatic N) is 3. The van der Waals surface area contributed by atoms with Gasteiger partial charge < -0.3 is 14.4 Å². The van der Waals surface area contributed by atoms with Crippen molar-refractivity contribution in [1.82, 2.24) is 14.1 Å². The molecule has 2 aromatic rings. The molecular weight excluding hydrogens is 486 g/mol. The summed E-state index contributed by atoms with van der Waals surface area (Å²) in [6.07, 6.45) is 0.312. The molecule has 2 aliphatic heterocycles. The highest BCUT2D eigenvalue weighted by atomic mass is 32.2. The van der Waals surface area contributed by atoms with Gasteiger partial charge in [-0.05, 0) is 30.5 Å². The van der Waals surface area contributed by atoms with Crippen molar-refractivity contribution in [2.24, 2.45) is 0 Å². The summed E-state index contributed by atoms with van der Waals surface area (Å²) >= 11 is 0. The molecule has 192 valence electrons. The first-order valence-electron chi connectivity index (χ1n) is 11.7. The summed E-state index contributed by atoms with van der Waals surface area (Å²) in [5.41, 5.74) is 0.841. The third kappa shape index (κ3) is 5.68. The zero-order valence-corrected chi connectivity index (χ0v) is 20.8. The zero-order chi connectivity index (χ0) is 25.7. The van der Waals surface area contributed by atoms with Crippen LogP contribution in [0.15, 0.2) is 65.6 Å². The molecular formula is C25H29N3O7S. The predicted octanol–water partition coefficient (Wildman–Crippen LogP) is 1.86. The fraction of sp³-hybridized carbons (Fsp3) is 0.400. The number of rotatable bonds is 8. The second-order valence-electron chi connectivity index (χ2n) is 8.78. The molecule has 2 amide bonds. The van der Waals surface area contributed by atoms with Gasteiger partial charge in [-0.2, -0.15) is 4.31 Å². The first kappa shape index (κ1) is 25.6. The first-order valence-corrected chi connectivity index (χ1v) is 13.2. The van der Waals surface area contributed by atoms with Crippen LogP contribution >= 0.6 is 0 Å². The van der Waals surface area contributed by atoms with E-state index >= 15 is 0 Å². The van der Waals surface area contributed by atoms with Gasteiger partial charge in [-0.25, -0.2) is 18.0 Å². The van der Waals surface area contributed by atoms with Crippen molar-refractivity contribution < 1.29 is 32.3 Å². The zero-order valence-electron chi connectivity index (χ0n) is 20.0. The van der Waals surface area contributed by atoms with Crippen LogP contribution in [-0.2, 0) is 35.7 Å². The number of carbonyl (C=O) groups is 3. The Labute approximate surface area is 210 Å². The minimum Gasteiger partial charge on any atom is -0.459 e. The number of carbonyl (C=O) groups excluding carboxylic acids is 3. The molecule has 2 heterocycles. The molecule has 0 saturated carbocycles. The number of ether oxygens (including phenoxy) is 2. The number of likely N-dealkylation sites (tertiary alicyclic amines) is 1. The van der Waals surface area contributed by atoms with E-state index in [9.17, 15) is 22.8 Å². The highest BCUT2D eigenvalue weighted by Gasteiger charge is 2.44. The Morgan fingerprint density at radius 2 is 1.64 bits per heavy atom. The fourth-order valence-corrected chi connectivity index (χ4v) is 5.53. The molecule has 0 spiro atoms. The SMILES string of the molecule is CN(CC(=O)N1CCC(N2C(=O)OCC2C(=O)OCc2ccccc2)CC1)S(=O)(=O)c1ccccc1. The minimum atomic E-state index is -3.78. The standard InChI is InChI=1S/C25H29N3O7S/c1-26(36(32,33)21-10-6-3-7-11-21)16-23(29)27-14-12-20(13-15-27)28-22(18-35-25(28)31)24(30)34-17-19-8-4-2-5-9-19/h2-11,20,22H,12-18H2,1H3. The van der Waals surface area contributed by atoms with Crippen LogP contribution in [0, 0.1) is 0 Å². The predicted molar refractivity (Wildman–Crippen MR) is 129 cm³/mol. The van der Waals surface area contributed by atoms with E-state index in [1.165, 1.54) is 24.1 Å². The molecule has 36 heavy (non-hydrogen) atoms. The summed E-state index contributed by atoms with van der Waals surface area (Å²) in [6, 6.07) is 16.1. The van der Waals surface area contributed by atoms with Gasteiger partial charge in [0.05, 0.1) is 11.4 Å². The Balaban J connectivity index is 1.31. The van der Waals surface area contributed by atoms with Crippen molar-refractivity contribution in [1.29, 1.82) is 0 Å². The topological polar surface area (TPSA) is 114 Å². The molecule has 0 radical (unpaired) electrons. The molecule has 0 aromatic heterocycles. The Hall–Kier alpha value is -3.44. The van der Waals surface area contributed by atoms with Gasteiger partial charge in [0.25, 0.3) is 0 Å². The van der Waals surface area contributed by atoms with Crippen molar-refractivity contribution in [3.63, 3.8) is 0 Å². The highest BCUT2D eigenvalue weighted by Crippen LogP contribution is 2.25. The molecule has 2 aromatic carbocycles. The quantitative estimate of drug-likeness (QED) is 0.493. The molecule has 10 nitrogen and oxygen atoms in total. The average Bonchev–Trinajstić information content (AvgIpc) is 3.29. The van der Waals surface area contributed by atoms with E-state index in [-0.39, 0.29) is 36.6 Å². The molecule has 1 atom stereocenters. The average molecular weight is 516 g/mol. The Morgan fingerprint density at radius 3 is 2.28 bits per heavy atom. The maximum Gasteiger partial charge on any atom is 0.410 e. The van der Waals surface area contributed by atoms with Crippen LogP contribution in [0.2, 0.25) is 0 Å². The Kier molecular flexibility index (Phi) is 7.90. The lowest BCUT2D eigenvalue weighted by Crippen LogP contribution is -2.53. The second kappa shape index (κ2) is 11.1. The van der Waals surface area contributed by atoms with E-state index < -0.39 is 28.1 Å². The van der Waals surface area contributed by atoms with Gasteiger partial charge in [-0.15, -0.1) is 0 Å². The number of cyclic esters (lactones) is 1. The van der Waals surface area contributed by atoms with E-state index in [4.69, 9.17) is 9.47 Å². The van der Waals surface area contributed by atoms with Crippen molar-refractivity contribution in [3.8, 4) is 0 Å². The summed E-state index contributed by atoms with van der Waals surface area (Å²) < 4.78 is 37.0. The molecule has 4 rings (SSSR count). The number of amides is 2. The number of piperidine rings is 1. The van der Waals surface area contributed by atoms with Crippen molar-refractivity contribution in [2.45, 2.75) is 36.4 Å². The van der Waals surface area contributed by atoms with Crippen molar-refractivity contribution >= 4 is 28.0 Å². The van der Waals surface area contributed by atoms with Gasteiger partial charge in [0.2, 0.25) is 15.9 Å². The molecule has 0 N–H and O–H groups in total. The van der Waals surface area contributed by atoms with Gasteiger partial charge in [-0.1, -0.05) is 48.5 Å². The number of esters is 1. The van der Waals surface area contributed by atoms with Gasteiger partial charge in [0.15, 0.2) is 6.04 Å². The molecule has 1 unspecified atom stereocenters. The second-order valence-corrected chi connectivity index (χ2v) is 10.8. The third-order valence-electron chi connectivity index (χ3n) is 6.43. The monoisotopic (exact) mass is 515 g/mol. The van der Waals surface area contributed by atoms with Gasteiger partial charge >= 0.3 is 12.1 Å². The Morgan fingerprint density at radius 1 is 1.03 bits per heavy atom. The summed E-state index contributed by atoms with van der Waals surface area (Å²) in [7, 11) is -2.41. The van der Waals surface area contributed by atoms with Gasteiger partial charge in [-0.3, -0.25) is 9.69 Å². The molecule has 11 heteroatoms. The number of benzene rings is 2. The lowest BCUT2D eigenvalue weighted by molar-refractivity contribution is -0.150. The van der Waals surface area contributed by atoms with Crippen LogP contribution in [-0.4, -0.2) is 85.9 Å². The summed E-state index contributed by atoms with van der Waals surface area (Å²) in [5.74, 6) is -0.853. The summed E-state index contributed by atoms with van der Waals surface area (Å²) in [6.45, 7) is 0.400. The van der Waals surface area contributed by atoms with Gasteiger partial charge in [0.1, 0.15) is 13.2 Å². The normalized spacial score (nSPS) is 18.8. The number of hydrogen-bond donors (Lipinski definition) is 0. The lowest BCUT2D eigenvalue weighted by atomic mass is 10.0.